The van der Waals surface area contributed by atoms with Crippen molar-refractivity contribution in [2.45, 2.75) is 90.6 Å². The zero-order chi connectivity index (χ0) is 22.9. The molecule has 0 aromatic heterocycles. The molecule has 31 heavy (non-hydrogen) atoms. The molecule has 2 bridgehead atoms. The second kappa shape index (κ2) is 9.27. The Kier molecular flexibility index (Phi) is 7.27. The van der Waals surface area contributed by atoms with Crippen LogP contribution in [0.4, 0.5) is 0 Å². The minimum absolute atomic E-state index is 0.00154. The molecule has 2 aliphatic carbocycles. The molecule has 172 valence electrons. The van der Waals surface area contributed by atoms with Crippen molar-refractivity contribution in [1.29, 1.82) is 0 Å². The summed E-state index contributed by atoms with van der Waals surface area (Å²) in [5.41, 5.74) is -0.762. The molecule has 0 saturated heterocycles. The van der Waals surface area contributed by atoms with E-state index in [4.69, 9.17) is 8.92 Å². The van der Waals surface area contributed by atoms with Crippen LogP contribution in [-0.2, 0) is 18.5 Å². The number of aryl methyl sites for hydroxylation is 1. The van der Waals surface area contributed by atoms with Gasteiger partial charge >= 0.3 is 5.97 Å². The monoisotopic (exact) mass is 446 g/mol. The molecular weight excluding hydrogens is 408 g/mol. The molecule has 4 unspecified atom stereocenters. The first kappa shape index (κ1) is 24.3. The summed E-state index contributed by atoms with van der Waals surface area (Å²) in [7, 11) is 0. The second-order valence-corrected chi connectivity index (χ2v) is 11.6. The Morgan fingerprint density at radius 3 is 2.48 bits per heavy atom. The molecule has 3 rings (SSSR count). The maximum absolute atomic E-state index is 13.4. The van der Waals surface area contributed by atoms with Crippen LogP contribution in [-0.4, -0.2) is 24.0 Å². The number of Topliss-reactive ketones (excluding diaryl/α,β-unsaturated/α-hetero) is 1. The Morgan fingerprint density at radius 2 is 1.84 bits per heavy atom. The lowest BCUT2D eigenvalue weighted by Gasteiger charge is -2.55. The van der Waals surface area contributed by atoms with Gasteiger partial charge in [0.1, 0.15) is 16.8 Å². The number of hydrogen-bond donors (Lipinski definition) is 0. The van der Waals surface area contributed by atoms with Crippen molar-refractivity contribution >= 4 is 23.8 Å². The fourth-order valence-corrected chi connectivity index (χ4v) is 6.23. The largest absolute Gasteiger partial charge is 0.458 e. The van der Waals surface area contributed by atoms with Crippen LogP contribution in [0.15, 0.2) is 29.2 Å². The zero-order valence-electron chi connectivity index (χ0n) is 20.0. The SMILES string of the molecule is CC(=O)C(C)(COSc1ccc(C)cc1)C(=O)OC(C)(C)C12CCCC(CC(C)C1)C2. The zero-order valence-corrected chi connectivity index (χ0v) is 20.8. The van der Waals surface area contributed by atoms with Gasteiger partial charge in [-0.15, -0.1) is 0 Å². The molecule has 2 aliphatic rings. The number of esters is 1. The van der Waals surface area contributed by atoms with Crippen LogP contribution in [0.1, 0.15) is 78.7 Å². The fourth-order valence-electron chi connectivity index (χ4n) is 5.55. The molecule has 0 heterocycles. The maximum atomic E-state index is 13.4. The van der Waals surface area contributed by atoms with E-state index in [9.17, 15) is 9.59 Å². The molecule has 2 fully saturated rings. The number of benzene rings is 1. The Morgan fingerprint density at radius 1 is 1.16 bits per heavy atom. The molecule has 4 atom stereocenters. The average molecular weight is 447 g/mol. The highest BCUT2D eigenvalue weighted by Gasteiger charge is 2.54. The van der Waals surface area contributed by atoms with Crippen LogP contribution in [0.5, 0.6) is 0 Å². The molecule has 0 aliphatic heterocycles. The number of fused-ring (bicyclic) bond motifs is 2. The highest BCUT2D eigenvalue weighted by atomic mass is 32.2. The standard InChI is InChI=1S/C26H38O4S/c1-18-9-11-22(12-10-18)31-29-17-25(6,20(3)27)23(28)30-24(4,5)26-13-7-8-21(16-26)14-19(2)15-26/h9-12,19,21H,7-8,13-17H2,1-6H3. The van der Waals surface area contributed by atoms with Gasteiger partial charge in [0, 0.05) is 22.4 Å². The second-order valence-electron chi connectivity index (χ2n) is 10.7. The third kappa shape index (κ3) is 5.19. The predicted molar refractivity (Wildman–Crippen MR) is 125 cm³/mol. The van der Waals surface area contributed by atoms with Gasteiger partial charge in [0.25, 0.3) is 0 Å². The van der Waals surface area contributed by atoms with E-state index in [1.807, 2.05) is 45.0 Å². The lowest BCUT2D eigenvalue weighted by atomic mass is 9.53. The van der Waals surface area contributed by atoms with Crippen LogP contribution in [0.25, 0.3) is 0 Å². The number of hydrogen-bond acceptors (Lipinski definition) is 5. The van der Waals surface area contributed by atoms with Crippen molar-refractivity contribution < 1.29 is 18.5 Å². The fraction of sp³-hybridized carbons (Fsp3) is 0.692. The molecular formula is C26H38O4S. The third-order valence-corrected chi connectivity index (χ3v) is 8.50. The predicted octanol–water partition coefficient (Wildman–Crippen LogP) is 6.54. The van der Waals surface area contributed by atoms with Crippen molar-refractivity contribution in [1.82, 2.24) is 0 Å². The van der Waals surface area contributed by atoms with Crippen LogP contribution in [0.3, 0.4) is 0 Å². The number of ether oxygens (including phenoxy) is 1. The van der Waals surface area contributed by atoms with E-state index in [2.05, 4.69) is 6.92 Å². The van der Waals surface area contributed by atoms with Crippen molar-refractivity contribution in [3.8, 4) is 0 Å². The van der Waals surface area contributed by atoms with E-state index >= 15 is 0 Å². The third-order valence-electron chi connectivity index (χ3n) is 7.80. The van der Waals surface area contributed by atoms with Gasteiger partial charge < -0.3 is 8.92 Å². The molecule has 0 radical (unpaired) electrons. The van der Waals surface area contributed by atoms with Gasteiger partial charge in [-0.2, -0.15) is 0 Å². The highest BCUT2D eigenvalue weighted by Crippen LogP contribution is 2.57. The maximum Gasteiger partial charge on any atom is 0.322 e. The Hall–Kier alpha value is -1.33. The molecule has 4 nitrogen and oxygen atoms in total. The van der Waals surface area contributed by atoms with E-state index < -0.39 is 17.0 Å². The summed E-state index contributed by atoms with van der Waals surface area (Å²) in [5.74, 6) is 0.674. The summed E-state index contributed by atoms with van der Waals surface area (Å²) in [6.07, 6.45) is 7.05. The van der Waals surface area contributed by atoms with Crippen LogP contribution in [0, 0.1) is 29.6 Å². The topological polar surface area (TPSA) is 52.6 Å². The Bertz CT molecular complexity index is 798. The number of ketones is 1. The van der Waals surface area contributed by atoms with E-state index in [1.165, 1.54) is 43.8 Å². The smallest absolute Gasteiger partial charge is 0.322 e. The van der Waals surface area contributed by atoms with Gasteiger partial charge in [0.05, 0.1) is 6.61 Å². The first-order valence-electron chi connectivity index (χ1n) is 11.6. The first-order valence-corrected chi connectivity index (χ1v) is 12.3. The molecule has 1 aromatic rings. The summed E-state index contributed by atoms with van der Waals surface area (Å²) >= 11 is 1.19. The number of carbonyl (C=O) groups excluding carboxylic acids is 2. The normalized spacial score (nSPS) is 27.9. The van der Waals surface area contributed by atoms with Crippen molar-refractivity contribution in [3.05, 3.63) is 29.8 Å². The molecule has 0 amide bonds. The van der Waals surface area contributed by atoms with Gasteiger partial charge in [-0.1, -0.05) is 37.5 Å². The summed E-state index contributed by atoms with van der Waals surface area (Å²) in [6.45, 7) is 11.5. The molecule has 2 saturated carbocycles. The van der Waals surface area contributed by atoms with Gasteiger partial charge in [-0.25, -0.2) is 0 Å². The number of rotatable bonds is 8. The van der Waals surface area contributed by atoms with Gasteiger partial charge in [0.15, 0.2) is 0 Å². The van der Waals surface area contributed by atoms with Crippen LogP contribution in [0.2, 0.25) is 0 Å². The molecule has 5 heteroatoms. The van der Waals surface area contributed by atoms with E-state index in [-0.39, 0.29) is 17.8 Å². The van der Waals surface area contributed by atoms with E-state index in [1.54, 1.807) is 6.92 Å². The van der Waals surface area contributed by atoms with E-state index in [0.29, 0.717) is 5.92 Å². The summed E-state index contributed by atoms with van der Waals surface area (Å²) in [5, 5.41) is 0. The lowest BCUT2D eigenvalue weighted by molar-refractivity contribution is -0.195. The lowest BCUT2D eigenvalue weighted by Crippen LogP contribution is -2.55. The van der Waals surface area contributed by atoms with Gasteiger partial charge in [-0.3, -0.25) is 9.59 Å². The number of carbonyl (C=O) groups is 2. The minimum Gasteiger partial charge on any atom is -0.458 e. The Labute approximate surface area is 192 Å². The van der Waals surface area contributed by atoms with Gasteiger partial charge in [0.2, 0.25) is 0 Å². The summed E-state index contributed by atoms with van der Waals surface area (Å²) < 4.78 is 12.0. The summed E-state index contributed by atoms with van der Waals surface area (Å²) in [6, 6.07) is 7.95. The van der Waals surface area contributed by atoms with Crippen LogP contribution >= 0.6 is 12.0 Å². The van der Waals surface area contributed by atoms with Crippen LogP contribution < -0.4 is 0 Å². The van der Waals surface area contributed by atoms with E-state index in [0.717, 1.165) is 30.1 Å². The Balaban J connectivity index is 1.69. The minimum atomic E-state index is -1.32. The quantitative estimate of drug-likeness (QED) is 0.258. The summed E-state index contributed by atoms with van der Waals surface area (Å²) in [4.78, 5) is 26.8. The average Bonchev–Trinajstić information content (AvgIpc) is 2.68. The molecule has 1 aromatic carbocycles. The van der Waals surface area contributed by atoms with Crippen molar-refractivity contribution in [2.24, 2.45) is 22.7 Å². The molecule has 0 N–H and O–H groups in total. The first-order chi connectivity index (χ1) is 14.5. The van der Waals surface area contributed by atoms with Crippen molar-refractivity contribution in [3.63, 3.8) is 0 Å². The van der Waals surface area contributed by atoms with Crippen molar-refractivity contribution in [2.75, 3.05) is 6.61 Å². The highest BCUT2D eigenvalue weighted by molar-refractivity contribution is 7.94. The van der Waals surface area contributed by atoms with Gasteiger partial charge in [-0.05, 0) is 84.3 Å². The molecule has 0 spiro atoms.